The first-order valence-electron chi connectivity index (χ1n) is 5.71. The lowest BCUT2D eigenvalue weighted by Gasteiger charge is -2.12. The second-order valence-electron chi connectivity index (χ2n) is 4.20. The first kappa shape index (κ1) is 12.8. The summed E-state index contributed by atoms with van der Waals surface area (Å²) < 4.78 is 12.6. The van der Waals surface area contributed by atoms with Crippen LogP contribution in [0.5, 0.6) is 5.75 Å². The van der Waals surface area contributed by atoms with E-state index in [9.17, 15) is 4.79 Å². The number of hydrogen-bond donors (Lipinski definition) is 1. The Labute approximate surface area is 121 Å². The molecule has 7 heteroatoms. The van der Waals surface area contributed by atoms with Crippen molar-refractivity contribution in [1.29, 1.82) is 0 Å². The molecule has 1 saturated heterocycles. The summed E-state index contributed by atoms with van der Waals surface area (Å²) in [5.41, 5.74) is 0.895. The van der Waals surface area contributed by atoms with Crippen molar-refractivity contribution in [2.24, 2.45) is 0 Å². The van der Waals surface area contributed by atoms with Gasteiger partial charge in [-0.3, -0.25) is 0 Å². The fourth-order valence-corrected chi connectivity index (χ4v) is 3.42. The Balaban J connectivity index is 2.05. The molecule has 3 rings (SSSR count). The quantitative estimate of drug-likeness (QED) is 0.927. The summed E-state index contributed by atoms with van der Waals surface area (Å²) in [6.45, 7) is 1.21. The molecule has 1 fully saturated rings. The van der Waals surface area contributed by atoms with Crippen molar-refractivity contribution in [1.82, 2.24) is 4.98 Å². The standard InChI is InChI=1S/C12H10BrNO4S/c13-12-14-10-8(18-7-1-2-17-5-7)3-6(11(15)16)4-9(10)19-12/h3-4,7H,1-2,5H2,(H,15,16)/t7-/m0/s1. The molecule has 100 valence electrons. The van der Waals surface area contributed by atoms with Gasteiger partial charge in [-0.1, -0.05) is 0 Å². The van der Waals surface area contributed by atoms with Crippen molar-refractivity contribution in [3.05, 3.63) is 21.6 Å². The Morgan fingerprint density at radius 2 is 2.42 bits per heavy atom. The minimum atomic E-state index is -0.973. The maximum atomic E-state index is 11.1. The van der Waals surface area contributed by atoms with Crippen LogP contribution < -0.4 is 4.74 Å². The van der Waals surface area contributed by atoms with Gasteiger partial charge in [0.05, 0.1) is 23.5 Å². The van der Waals surface area contributed by atoms with Gasteiger partial charge in [0.15, 0.2) is 3.92 Å². The van der Waals surface area contributed by atoms with Gasteiger partial charge in [-0.05, 0) is 28.1 Å². The molecular weight excluding hydrogens is 334 g/mol. The number of carboxylic acids is 1. The zero-order valence-electron chi connectivity index (χ0n) is 9.76. The third-order valence-corrected chi connectivity index (χ3v) is 4.32. The monoisotopic (exact) mass is 343 g/mol. The zero-order chi connectivity index (χ0) is 13.4. The molecule has 1 N–H and O–H groups in total. The zero-order valence-corrected chi connectivity index (χ0v) is 12.2. The SMILES string of the molecule is O=C(O)c1cc(O[C@H]2CCOC2)c2nc(Br)sc2c1. The molecular formula is C12H10BrNO4S. The molecule has 0 unspecified atom stereocenters. The third-order valence-electron chi connectivity index (χ3n) is 2.86. The number of fused-ring (bicyclic) bond motifs is 1. The molecule has 5 nitrogen and oxygen atoms in total. The number of aromatic nitrogens is 1. The van der Waals surface area contributed by atoms with Gasteiger partial charge in [0, 0.05) is 6.42 Å². The van der Waals surface area contributed by atoms with Crippen LogP contribution in [0.15, 0.2) is 16.0 Å². The van der Waals surface area contributed by atoms with E-state index in [4.69, 9.17) is 14.6 Å². The van der Waals surface area contributed by atoms with Crippen LogP contribution in [0, 0.1) is 0 Å². The molecule has 0 saturated carbocycles. The number of thiazole rings is 1. The molecule has 0 aliphatic carbocycles. The highest BCUT2D eigenvalue weighted by molar-refractivity contribution is 9.11. The molecule has 1 atom stereocenters. The lowest BCUT2D eigenvalue weighted by Crippen LogP contribution is -2.16. The predicted molar refractivity (Wildman–Crippen MR) is 74.1 cm³/mol. The number of ether oxygens (including phenoxy) is 2. The molecule has 19 heavy (non-hydrogen) atoms. The summed E-state index contributed by atoms with van der Waals surface area (Å²) in [6, 6.07) is 3.13. The molecule has 2 aromatic rings. The highest BCUT2D eigenvalue weighted by Crippen LogP contribution is 2.34. The van der Waals surface area contributed by atoms with Crippen LogP contribution in [-0.2, 0) is 4.74 Å². The minimum Gasteiger partial charge on any atom is -0.486 e. The Morgan fingerprint density at radius 3 is 3.11 bits per heavy atom. The second-order valence-corrected chi connectivity index (χ2v) is 6.50. The first-order chi connectivity index (χ1) is 9.13. The Morgan fingerprint density at radius 1 is 1.58 bits per heavy atom. The average molecular weight is 344 g/mol. The van der Waals surface area contributed by atoms with E-state index < -0.39 is 5.97 Å². The minimum absolute atomic E-state index is 0.0345. The summed E-state index contributed by atoms with van der Waals surface area (Å²) in [6.07, 6.45) is 0.775. The van der Waals surface area contributed by atoms with Crippen LogP contribution in [0.2, 0.25) is 0 Å². The molecule has 1 aromatic heterocycles. The summed E-state index contributed by atoms with van der Waals surface area (Å²) in [5.74, 6) is -0.466. The van der Waals surface area contributed by atoms with E-state index in [1.807, 2.05) is 0 Å². The van der Waals surface area contributed by atoms with Gasteiger partial charge in [0.2, 0.25) is 0 Å². The summed E-state index contributed by atoms with van der Waals surface area (Å²) in [4.78, 5) is 15.5. The van der Waals surface area contributed by atoms with Crippen molar-refractivity contribution in [3.8, 4) is 5.75 Å². The van der Waals surface area contributed by atoms with E-state index in [0.29, 0.717) is 28.4 Å². The molecule has 0 spiro atoms. The highest BCUT2D eigenvalue weighted by Gasteiger charge is 2.21. The average Bonchev–Trinajstić information content (AvgIpc) is 2.97. The molecule has 1 aliphatic heterocycles. The van der Waals surface area contributed by atoms with Gasteiger partial charge >= 0.3 is 5.97 Å². The summed E-state index contributed by atoms with van der Waals surface area (Å²) >= 11 is 4.70. The van der Waals surface area contributed by atoms with Crippen LogP contribution >= 0.6 is 27.3 Å². The van der Waals surface area contributed by atoms with Crippen molar-refractivity contribution >= 4 is 43.5 Å². The number of halogens is 1. The maximum absolute atomic E-state index is 11.1. The smallest absolute Gasteiger partial charge is 0.335 e. The number of aromatic carboxylic acids is 1. The fraction of sp³-hybridized carbons (Fsp3) is 0.333. The number of hydrogen-bond acceptors (Lipinski definition) is 5. The van der Waals surface area contributed by atoms with Crippen molar-refractivity contribution in [2.45, 2.75) is 12.5 Å². The Kier molecular flexibility index (Phi) is 3.42. The topological polar surface area (TPSA) is 68.7 Å². The number of nitrogens with zero attached hydrogens (tertiary/aromatic N) is 1. The first-order valence-corrected chi connectivity index (χ1v) is 7.32. The van der Waals surface area contributed by atoms with E-state index in [-0.39, 0.29) is 11.7 Å². The van der Waals surface area contributed by atoms with Crippen LogP contribution in [0.25, 0.3) is 10.2 Å². The van der Waals surface area contributed by atoms with Crippen LogP contribution in [-0.4, -0.2) is 35.4 Å². The van der Waals surface area contributed by atoms with E-state index in [2.05, 4.69) is 20.9 Å². The molecule has 1 aromatic carbocycles. The predicted octanol–water partition coefficient (Wildman–Crippen LogP) is 2.92. The normalized spacial score (nSPS) is 18.9. The second kappa shape index (κ2) is 5.07. The maximum Gasteiger partial charge on any atom is 0.335 e. The van der Waals surface area contributed by atoms with Gasteiger partial charge in [-0.2, -0.15) is 0 Å². The molecule has 0 amide bonds. The fourth-order valence-electron chi connectivity index (χ4n) is 1.97. The number of benzene rings is 1. The van der Waals surface area contributed by atoms with Gasteiger partial charge in [0.25, 0.3) is 0 Å². The molecule has 0 bridgehead atoms. The van der Waals surface area contributed by atoms with E-state index in [1.54, 1.807) is 6.07 Å². The van der Waals surface area contributed by atoms with E-state index in [1.165, 1.54) is 17.4 Å². The number of carbonyl (C=O) groups is 1. The van der Waals surface area contributed by atoms with Gasteiger partial charge in [-0.25, -0.2) is 9.78 Å². The Hall–Kier alpha value is -1.18. The Bertz CT molecular complexity index is 636. The van der Waals surface area contributed by atoms with E-state index in [0.717, 1.165) is 11.1 Å². The van der Waals surface area contributed by atoms with Crippen molar-refractivity contribution in [3.63, 3.8) is 0 Å². The lowest BCUT2D eigenvalue weighted by molar-refractivity contribution is 0.0696. The van der Waals surface area contributed by atoms with Crippen LogP contribution in [0.1, 0.15) is 16.8 Å². The van der Waals surface area contributed by atoms with Crippen LogP contribution in [0.4, 0.5) is 0 Å². The largest absolute Gasteiger partial charge is 0.486 e. The highest BCUT2D eigenvalue weighted by atomic mass is 79.9. The number of rotatable bonds is 3. The van der Waals surface area contributed by atoms with Crippen LogP contribution in [0.3, 0.4) is 0 Å². The van der Waals surface area contributed by atoms with Gasteiger partial charge < -0.3 is 14.6 Å². The summed E-state index contributed by atoms with van der Waals surface area (Å²) in [7, 11) is 0. The van der Waals surface area contributed by atoms with Gasteiger partial charge in [-0.15, -0.1) is 11.3 Å². The van der Waals surface area contributed by atoms with Gasteiger partial charge in [0.1, 0.15) is 17.4 Å². The molecule has 1 aliphatic rings. The third kappa shape index (κ3) is 2.58. The summed E-state index contributed by atoms with van der Waals surface area (Å²) in [5, 5.41) is 9.13. The molecule has 2 heterocycles. The van der Waals surface area contributed by atoms with Crippen molar-refractivity contribution < 1.29 is 19.4 Å². The number of carboxylic acid groups (broad SMARTS) is 1. The van der Waals surface area contributed by atoms with Crippen molar-refractivity contribution in [2.75, 3.05) is 13.2 Å². The molecule has 0 radical (unpaired) electrons. The van der Waals surface area contributed by atoms with E-state index >= 15 is 0 Å². The lowest BCUT2D eigenvalue weighted by atomic mass is 10.2.